The van der Waals surface area contributed by atoms with Crippen molar-refractivity contribution in [2.75, 3.05) is 12.5 Å². The lowest BCUT2D eigenvalue weighted by Gasteiger charge is -2.19. The largest absolute Gasteiger partial charge is 0.459 e. The van der Waals surface area contributed by atoms with E-state index >= 15 is 0 Å². The number of rotatable bonds is 3. The van der Waals surface area contributed by atoms with Crippen molar-refractivity contribution in [2.24, 2.45) is 4.99 Å². The number of aliphatic imine (C=N–C) groups is 1. The Hall–Kier alpha value is -1.93. The molecule has 8 heteroatoms. The number of ether oxygens (including phenoxy) is 3. The third kappa shape index (κ3) is 4.79. The number of carbonyl (C=O) groups excluding carboxylic acids is 2. The van der Waals surface area contributed by atoms with Crippen LogP contribution in [0.2, 0.25) is 0 Å². The predicted octanol–water partition coefficient (Wildman–Crippen LogP) is 3.46. The van der Waals surface area contributed by atoms with E-state index in [0.29, 0.717) is 21.6 Å². The summed E-state index contributed by atoms with van der Waals surface area (Å²) >= 11 is 2.22. The first-order chi connectivity index (χ1) is 11.8. The summed E-state index contributed by atoms with van der Waals surface area (Å²) in [4.78, 5) is 28.1. The van der Waals surface area contributed by atoms with Crippen molar-refractivity contribution in [1.82, 2.24) is 0 Å². The molecule has 6 nitrogen and oxygen atoms in total. The van der Waals surface area contributed by atoms with Gasteiger partial charge in [0, 0.05) is 0 Å². The Morgan fingerprint density at radius 1 is 1.36 bits per heavy atom. The van der Waals surface area contributed by atoms with E-state index in [2.05, 4.69) is 4.99 Å². The van der Waals surface area contributed by atoms with E-state index in [0.717, 1.165) is 17.3 Å². The minimum atomic E-state index is -0.525. The van der Waals surface area contributed by atoms with Crippen LogP contribution in [-0.4, -0.2) is 33.6 Å². The van der Waals surface area contributed by atoms with Crippen LogP contribution in [0.25, 0.3) is 6.08 Å². The number of hydrogen-bond acceptors (Lipinski definition) is 8. The van der Waals surface area contributed by atoms with Crippen molar-refractivity contribution in [3.05, 3.63) is 29.5 Å². The van der Waals surface area contributed by atoms with Gasteiger partial charge in [-0.25, -0.2) is 4.99 Å². The summed E-state index contributed by atoms with van der Waals surface area (Å²) in [5.41, 5.74) is 0.619. The van der Waals surface area contributed by atoms with Crippen molar-refractivity contribution >= 4 is 45.1 Å². The molecule has 0 bridgehead atoms. The number of benzene rings is 1. The topological polar surface area (TPSA) is 74.2 Å². The molecule has 2 aliphatic heterocycles. The van der Waals surface area contributed by atoms with E-state index in [1.807, 2.05) is 26.8 Å². The average molecular weight is 379 g/mol. The van der Waals surface area contributed by atoms with Gasteiger partial charge < -0.3 is 14.2 Å². The lowest BCUT2D eigenvalue weighted by atomic mass is 10.2. The molecule has 0 N–H and O–H groups in total. The van der Waals surface area contributed by atoms with Gasteiger partial charge in [-0.15, -0.1) is 0 Å². The molecule has 0 atom stereocenters. The predicted molar refractivity (Wildman–Crippen MR) is 98.9 cm³/mol. The molecular formula is C17H17NO5S2. The van der Waals surface area contributed by atoms with Gasteiger partial charge in [-0.2, -0.15) is 0 Å². The average Bonchev–Trinajstić information content (AvgIpc) is 3.10. The molecule has 0 fully saturated rings. The molecule has 0 aliphatic carbocycles. The summed E-state index contributed by atoms with van der Waals surface area (Å²) in [6.07, 6.45) is 1.69. The highest BCUT2D eigenvalue weighted by atomic mass is 32.2. The van der Waals surface area contributed by atoms with E-state index in [1.165, 1.54) is 11.8 Å². The van der Waals surface area contributed by atoms with Gasteiger partial charge in [0.1, 0.15) is 15.7 Å². The zero-order valence-corrected chi connectivity index (χ0v) is 15.7. The van der Waals surface area contributed by atoms with Crippen molar-refractivity contribution in [3.63, 3.8) is 0 Å². The Balaban J connectivity index is 1.65. The van der Waals surface area contributed by atoms with Gasteiger partial charge in [-0.1, -0.05) is 17.8 Å². The number of carbonyl (C=O) groups is 2. The molecule has 2 heterocycles. The summed E-state index contributed by atoms with van der Waals surface area (Å²) in [5, 5.41) is -0.149. The number of esters is 1. The maximum absolute atomic E-state index is 12.1. The summed E-state index contributed by atoms with van der Waals surface area (Å²) in [5.74, 6) is 1.12. The normalized spacial score (nSPS) is 17.8. The molecule has 0 amide bonds. The van der Waals surface area contributed by atoms with Crippen molar-refractivity contribution in [2.45, 2.75) is 26.4 Å². The molecule has 1 aromatic rings. The van der Waals surface area contributed by atoms with Crippen LogP contribution in [0.4, 0.5) is 0 Å². The zero-order chi connectivity index (χ0) is 18.0. The van der Waals surface area contributed by atoms with Gasteiger partial charge in [-0.3, -0.25) is 9.59 Å². The molecule has 0 saturated carbocycles. The molecular weight excluding hydrogens is 362 g/mol. The smallest absolute Gasteiger partial charge is 0.316 e. The Bertz CT molecular complexity index is 780. The highest BCUT2D eigenvalue weighted by molar-refractivity contribution is 8.45. The van der Waals surface area contributed by atoms with Crippen LogP contribution in [0.5, 0.6) is 11.5 Å². The van der Waals surface area contributed by atoms with Crippen LogP contribution >= 0.6 is 23.5 Å². The highest BCUT2D eigenvalue weighted by Crippen LogP contribution is 2.35. The minimum Gasteiger partial charge on any atom is -0.459 e. The van der Waals surface area contributed by atoms with Gasteiger partial charge in [0.05, 0.1) is 5.75 Å². The summed E-state index contributed by atoms with van der Waals surface area (Å²) in [6, 6.07) is 5.43. The molecule has 0 saturated heterocycles. The fraction of sp³-hybridized carbons (Fsp3) is 0.353. The van der Waals surface area contributed by atoms with Crippen molar-refractivity contribution in [1.29, 1.82) is 0 Å². The molecule has 0 unspecified atom stereocenters. The lowest BCUT2D eigenvalue weighted by Crippen LogP contribution is -2.25. The van der Waals surface area contributed by atoms with Crippen LogP contribution in [0, 0.1) is 0 Å². The van der Waals surface area contributed by atoms with E-state index in [9.17, 15) is 9.59 Å². The van der Waals surface area contributed by atoms with Crippen LogP contribution in [-0.2, 0) is 14.3 Å². The fourth-order valence-corrected chi connectivity index (χ4v) is 3.72. The van der Waals surface area contributed by atoms with Crippen molar-refractivity contribution < 1.29 is 23.8 Å². The van der Waals surface area contributed by atoms with Gasteiger partial charge in [0.2, 0.25) is 11.9 Å². The second-order valence-corrected chi connectivity index (χ2v) is 8.47. The lowest BCUT2D eigenvalue weighted by molar-refractivity contribution is -0.151. The highest BCUT2D eigenvalue weighted by Gasteiger charge is 2.25. The van der Waals surface area contributed by atoms with E-state index in [1.54, 1.807) is 18.2 Å². The summed E-state index contributed by atoms with van der Waals surface area (Å²) < 4.78 is 16.4. The van der Waals surface area contributed by atoms with Crippen molar-refractivity contribution in [3.8, 4) is 11.5 Å². The van der Waals surface area contributed by atoms with E-state index < -0.39 is 5.60 Å². The van der Waals surface area contributed by atoms with E-state index in [-0.39, 0.29) is 23.6 Å². The Morgan fingerprint density at radius 2 is 2.12 bits per heavy atom. The van der Waals surface area contributed by atoms with Crippen LogP contribution in [0.15, 0.2) is 28.9 Å². The maximum atomic E-state index is 12.1. The quantitative estimate of drug-likeness (QED) is 0.588. The Labute approximate surface area is 154 Å². The maximum Gasteiger partial charge on any atom is 0.316 e. The molecule has 0 spiro atoms. The number of nitrogens with zero attached hydrogens (tertiary/aromatic N) is 1. The summed E-state index contributed by atoms with van der Waals surface area (Å²) in [6.45, 7) is 5.64. The standard InChI is InChI=1S/C17H17NO5S2/c1-17(2,3)23-14(19)8-24-16-18-11(15(20)25-16)6-10-4-5-12-13(7-10)22-9-21-12/h4-7H,8-9H2,1-3H3. The van der Waals surface area contributed by atoms with Gasteiger partial charge in [-0.05, 0) is 56.3 Å². The number of hydrogen-bond donors (Lipinski definition) is 0. The minimum absolute atomic E-state index is 0.119. The van der Waals surface area contributed by atoms with E-state index in [4.69, 9.17) is 14.2 Å². The summed E-state index contributed by atoms with van der Waals surface area (Å²) in [7, 11) is 0. The number of thioether (sulfide) groups is 2. The van der Waals surface area contributed by atoms with Crippen LogP contribution in [0.1, 0.15) is 26.3 Å². The molecule has 0 aromatic heterocycles. The Morgan fingerprint density at radius 3 is 2.88 bits per heavy atom. The molecule has 132 valence electrons. The first kappa shape index (κ1) is 17.9. The van der Waals surface area contributed by atoms with Gasteiger partial charge in [0.25, 0.3) is 0 Å². The molecule has 0 radical (unpaired) electrons. The number of fused-ring (bicyclic) bond motifs is 1. The second-order valence-electron chi connectivity index (χ2n) is 6.28. The first-order valence-electron chi connectivity index (χ1n) is 7.57. The molecule has 3 rings (SSSR count). The molecule has 1 aromatic carbocycles. The zero-order valence-electron chi connectivity index (χ0n) is 14.0. The monoisotopic (exact) mass is 379 g/mol. The fourth-order valence-electron chi connectivity index (χ4n) is 2.10. The molecule has 2 aliphatic rings. The van der Waals surface area contributed by atoms with Crippen LogP contribution in [0.3, 0.4) is 0 Å². The van der Waals surface area contributed by atoms with Crippen LogP contribution < -0.4 is 9.47 Å². The second kappa shape index (κ2) is 7.13. The third-order valence-electron chi connectivity index (χ3n) is 3.03. The third-order valence-corrected chi connectivity index (χ3v) is 5.02. The molecule has 25 heavy (non-hydrogen) atoms. The van der Waals surface area contributed by atoms with Gasteiger partial charge in [0.15, 0.2) is 11.5 Å². The SMILES string of the molecule is CC(C)(C)OC(=O)CSC1=NC(=Cc2ccc3c(c2)OCO3)C(=O)S1. The Kier molecular flexibility index (Phi) is 5.10. The van der Waals surface area contributed by atoms with Gasteiger partial charge >= 0.3 is 5.97 Å². The first-order valence-corrected chi connectivity index (χ1v) is 9.37.